The molecule has 3 aromatic carbocycles. The number of benzene rings is 3. The van der Waals surface area contributed by atoms with Crippen LogP contribution in [0.1, 0.15) is 11.3 Å². The summed E-state index contributed by atoms with van der Waals surface area (Å²) in [6.07, 6.45) is 3.97. The monoisotopic (exact) mass is 468 g/mol. The van der Waals surface area contributed by atoms with Gasteiger partial charge in [-0.25, -0.2) is 0 Å². The normalized spacial score (nSPS) is 11.3. The standard InChI is InChI=1S/C26H17BrN2O2/c27-22-13-11-19(12-14-22)24-17-16-23(30-24)15-8-18-6-9-21(10-7-18)26-29-28-25(31-26)20-4-2-1-3-5-20/h1-17H. The molecule has 5 rings (SSSR count). The number of nitrogens with zero attached hydrogens (tertiary/aromatic N) is 2. The molecule has 31 heavy (non-hydrogen) atoms. The largest absolute Gasteiger partial charge is 0.457 e. The number of halogens is 1. The first kappa shape index (κ1) is 19.3. The van der Waals surface area contributed by atoms with Crippen molar-refractivity contribution in [2.75, 3.05) is 0 Å². The average molecular weight is 469 g/mol. The van der Waals surface area contributed by atoms with Crippen molar-refractivity contribution in [3.63, 3.8) is 0 Å². The molecule has 2 aromatic heterocycles. The minimum absolute atomic E-state index is 0.500. The van der Waals surface area contributed by atoms with Crippen molar-refractivity contribution in [3.05, 3.63) is 107 Å². The number of hydrogen-bond donors (Lipinski definition) is 0. The first-order valence-corrected chi connectivity index (χ1v) is 10.6. The van der Waals surface area contributed by atoms with Gasteiger partial charge in [0.25, 0.3) is 0 Å². The van der Waals surface area contributed by atoms with E-state index in [1.807, 2.05) is 103 Å². The highest BCUT2D eigenvalue weighted by Gasteiger charge is 2.10. The van der Waals surface area contributed by atoms with Crippen LogP contribution in [0.2, 0.25) is 0 Å². The Bertz CT molecular complexity index is 1320. The molecule has 0 spiro atoms. The van der Waals surface area contributed by atoms with Crippen LogP contribution in [0.5, 0.6) is 0 Å². The summed E-state index contributed by atoms with van der Waals surface area (Å²) >= 11 is 3.45. The van der Waals surface area contributed by atoms with Crippen molar-refractivity contribution >= 4 is 28.1 Å². The van der Waals surface area contributed by atoms with E-state index in [9.17, 15) is 0 Å². The molecule has 0 aliphatic rings. The average Bonchev–Trinajstić information content (AvgIpc) is 3.50. The topological polar surface area (TPSA) is 52.1 Å². The van der Waals surface area contributed by atoms with Crippen LogP contribution in [-0.4, -0.2) is 10.2 Å². The number of aromatic nitrogens is 2. The van der Waals surface area contributed by atoms with Gasteiger partial charge < -0.3 is 8.83 Å². The Morgan fingerprint density at radius 2 is 1.23 bits per heavy atom. The first-order chi connectivity index (χ1) is 15.2. The number of rotatable bonds is 5. The molecule has 0 bridgehead atoms. The van der Waals surface area contributed by atoms with E-state index in [4.69, 9.17) is 8.83 Å². The molecular formula is C26H17BrN2O2. The summed E-state index contributed by atoms with van der Waals surface area (Å²) in [5, 5.41) is 8.32. The molecule has 0 aliphatic heterocycles. The maximum atomic E-state index is 5.93. The smallest absolute Gasteiger partial charge is 0.248 e. The van der Waals surface area contributed by atoms with Gasteiger partial charge in [0, 0.05) is 21.2 Å². The van der Waals surface area contributed by atoms with E-state index < -0.39 is 0 Å². The molecule has 0 aliphatic carbocycles. The van der Waals surface area contributed by atoms with E-state index >= 15 is 0 Å². The van der Waals surface area contributed by atoms with E-state index in [0.717, 1.165) is 38.2 Å². The Morgan fingerprint density at radius 3 is 1.94 bits per heavy atom. The van der Waals surface area contributed by atoms with Gasteiger partial charge in [-0.3, -0.25) is 0 Å². The van der Waals surface area contributed by atoms with Crippen molar-refractivity contribution in [1.29, 1.82) is 0 Å². The van der Waals surface area contributed by atoms with E-state index in [1.54, 1.807) is 0 Å². The molecule has 2 heterocycles. The van der Waals surface area contributed by atoms with Crippen molar-refractivity contribution < 1.29 is 8.83 Å². The fourth-order valence-corrected chi connectivity index (χ4v) is 3.43. The van der Waals surface area contributed by atoms with Crippen molar-refractivity contribution in [2.45, 2.75) is 0 Å². The van der Waals surface area contributed by atoms with Gasteiger partial charge in [0.15, 0.2) is 0 Å². The van der Waals surface area contributed by atoms with E-state index in [1.165, 1.54) is 0 Å². The minimum Gasteiger partial charge on any atom is -0.457 e. The Kier molecular flexibility index (Phi) is 5.33. The van der Waals surface area contributed by atoms with Crippen LogP contribution in [-0.2, 0) is 0 Å². The lowest BCUT2D eigenvalue weighted by molar-refractivity contribution is 0.572. The molecule has 4 nitrogen and oxygen atoms in total. The van der Waals surface area contributed by atoms with Gasteiger partial charge in [-0.05, 0) is 60.2 Å². The molecule has 0 radical (unpaired) electrons. The molecule has 5 heteroatoms. The van der Waals surface area contributed by atoms with Gasteiger partial charge in [0.1, 0.15) is 11.5 Å². The van der Waals surface area contributed by atoms with E-state index in [2.05, 4.69) is 26.1 Å². The van der Waals surface area contributed by atoms with Crippen LogP contribution >= 0.6 is 15.9 Å². The summed E-state index contributed by atoms with van der Waals surface area (Å²) in [5.41, 5.74) is 3.87. The van der Waals surface area contributed by atoms with Crippen LogP contribution in [0.4, 0.5) is 0 Å². The zero-order valence-corrected chi connectivity index (χ0v) is 18.0. The highest BCUT2D eigenvalue weighted by molar-refractivity contribution is 9.10. The maximum Gasteiger partial charge on any atom is 0.248 e. The fraction of sp³-hybridized carbons (Fsp3) is 0. The van der Waals surface area contributed by atoms with Gasteiger partial charge in [-0.15, -0.1) is 10.2 Å². The van der Waals surface area contributed by atoms with Gasteiger partial charge in [0.2, 0.25) is 11.8 Å². The first-order valence-electron chi connectivity index (χ1n) is 9.78. The zero-order chi connectivity index (χ0) is 21.0. The molecular weight excluding hydrogens is 452 g/mol. The summed E-state index contributed by atoms with van der Waals surface area (Å²) in [5.74, 6) is 2.65. The van der Waals surface area contributed by atoms with Crippen LogP contribution in [0, 0.1) is 0 Å². The highest BCUT2D eigenvalue weighted by Crippen LogP contribution is 2.26. The maximum absolute atomic E-state index is 5.93. The second-order valence-corrected chi connectivity index (χ2v) is 7.86. The predicted octanol–water partition coefficient (Wildman–Crippen LogP) is 7.60. The van der Waals surface area contributed by atoms with Crippen LogP contribution in [0.15, 0.2) is 104 Å². The molecule has 150 valence electrons. The van der Waals surface area contributed by atoms with Crippen molar-refractivity contribution in [2.24, 2.45) is 0 Å². The summed E-state index contributed by atoms with van der Waals surface area (Å²) in [7, 11) is 0. The summed E-state index contributed by atoms with van der Waals surface area (Å²) in [6.45, 7) is 0. The third kappa shape index (κ3) is 4.42. The van der Waals surface area contributed by atoms with Crippen molar-refractivity contribution in [1.82, 2.24) is 10.2 Å². The van der Waals surface area contributed by atoms with Crippen LogP contribution < -0.4 is 0 Å². The predicted molar refractivity (Wildman–Crippen MR) is 126 cm³/mol. The molecule has 0 saturated carbocycles. The summed E-state index contributed by atoms with van der Waals surface area (Å²) in [6, 6.07) is 29.7. The third-order valence-electron chi connectivity index (χ3n) is 4.80. The van der Waals surface area contributed by atoms with Gasteiger partial charge in [-0.2, -0.15) is 0 Å². The molecule has 0 unspecified atom stereocenters. The Labute approximate surface area is 188 Å². The lowest BCUT2D eigenvalue weighted by Crippen LogP contribution is -1.78. The summed E-state index contributed by atoms with van der Waals surface area (Å²) in [4.78, 5) is 0. The SMILES string of the molecule is Brc1ccc(-c2ccc(C=Cc3ccc(-c4nnc(-c5ccccc5)o4)cc3)o2)cc1. The Balaban J connectivity index is 1.29. The fourth-order valence-electron chi connectivity index (χ4n) is 3.16. The Morgan fingerprint density at radius 1 is 0.581 bits per heavy atom. The molecule has 0 amide bonds. The van der Waals surface area contributed by atoms with Gasteiger partial charge >= 0.3 is 0 Å². The van der Waals surface area contributed by atoms with Crippen LogP contribution in [0.3, 0.4) is 0 Å². The lowest BCUT2D eigenvalue weighted by Gasteiger charge is -1.98. The third-order valence-corrected chi connectivity index (χ3v) is 5.33. The molecule has 0 fully saturated rings. The summed E-state index contributed by atoms with van der Waals surface area (Å²) < 4.78 is 12.8. The number of hydrogen-bond acceptors (Lipinski definition) is 4. The second kappa shape index (κ2) is 8.58. The van der Waals surface area contributed by atoms with Gasteiger partial charge in [-0.1, -0.05) is 64.5 Å². The van der Waals surface area contributed by atoms with Gasteiger partial charge in [0.05, 0.1) is 0 Å². The molecule has 5 aromatic rings. The number of furan rings is 1. The van der Waals surface area contributed by atoms with E-state index in [-0.39, 0.29) is 0 Å². The highest BCUT2D eigenvalue weighted by atomic mass is 79.9. The zero-order valence-electron chi connectivity index (χ0n) is 16.4. The molecule has 0 N–H and O–H groups in total. The van der Waals surface area contributed by atoms with Crippen LogP contribution in [0.25, 0.3) is 46.4 Å². The Hall–Kier alpha value is -3.70. The van der Waals surface area contributed by atoms with E-state index in [0.29, 0.717) is 11.8 Å². The van der Waals surface area contributed by atoms with Crippen molar-refractivity contribution in [3.8, 4) is 34.2 Å². The second-order valence-electron chi connectivity index (χ2n) is 6.94. The molecule has 0 atom stereocenters. The minimum atomic E-state index is 0.500. The molecule has 0 saturated heterocycles. The quantitative estimate of drug-likeness (QED) is 0.266. The lowest BCUT2D eigenvalue weighted by atomic mass is 10.1.